The molecule has 6 nitrogen and oxygen atoms in total. The third-order valence-corrected chi connectivity index (χ3v) is 17.1. The van der Waals surface area contributed by atoms with Crippen molar-refractivity contribution >= 4 is 151 Å². The zero-order chi connectivity index (χ0) is 48.8. The van der Waals surface area contributed by atoms with Gasteiger partial charge in [-0.15, -0.1) is 0 Å². The van der Waals surface area contributed by atoms with Gasteiger partial charge in [0.25, 0.3) is 0 Å². The predicted molar refractivity (Wildman–Crippen MR) is 314 cm³/mol. The Morgan fingerprint density at radius 2 is 0.920 bits per heavy atom. The zero-order valence-corrected chi connectivity index (χ0v) is 40.6. The summed E-state index contributed by atoms with van der Waals surface area (Å²) in [4.78, 5) is 4.91. The summed E-state index contributed by atoms with van der Waals surface area (Å²) in [6.45, 7) is -0.483. The van der Waals surface area contributed by atoms with Crippen LogP contribution in [0.25, 0.3) is 110 Å². The molecule has 0 saturated carbocycles. The van der Waals surface area contributed by atoms with Crippen LogP contribution >= 0.6 is 0 Å². The molecular weight excluding hydrogens is 914 g/mol. The largest absolute Gasteiger partial charge is 0.455 e. The maximum absolute atomic E-state index is 7.15. The molecule has 7 heterocycles. The lowest BCUT2D eigenvalue weighted by molar-refractivity contribution is 0.670. The maximum Gasteiger partial charge on any atom is 0.333 e. The third kappa shape index (κ3) is 5.01. The normalized spacial score (nSPS) is 13.3. The van der Waals surface area contributed by atoms with Gasteiger partial charge in [0.15, 0.2) is 0 Å². The summed E-state index contributed by atoms with van der Waals surface area (Å²) < 4.78 is 19.6. The molecule has 15 aromatic rings. The molecule has 0 atom stereocenters. The van der Waals surface area contributed by atoms with Crippen molar-refractivity contribution in [3.8, 4) is 22.3 Å². The van der Waals surface area contributed by atoms with Gasteiger partial charge >= 0.3 is 13.7 Å². The van der Waals surface area contributed by atoms with Gasteiger partial charge in [-0.3, -0.25) is 0 Å². The third-order valence-electron chi connectivity index (χ3n) is 17.1. The highest BCUT2D eigenvalue weighted by Crippen LogP contribution is 2.50. The van der Waals surface area contributed by atoms with E-state index in [1.54, 1.807) is 0 Å². The van der Waals surface area contributed by atoms with E-state index in [2.05, 4.69) is 250 Å². The minimum absolute atomic E-state index is 0.207. The van der Waals surface area contributed by atoms with E-state index in [0.717, 1.165) is 83.4 Å². The average molecular weight is 955 g/mol. The predicted octanol–water partition coefficient (Wildman–Crippen LogP) is 14.5. The van der Waals surface area contributed by atoms with E-state index in [1.165, 1.54) is 76.6 Å². The van der Waals surface area contributed by atoms with Crippen molar-refractivity contribution in [2.45, 2.75) is 0 Å². The first kappa shape index (κ1) is 39.9. The lowest BCUT2D eigenvalue weighted by atomic mass is 9.42. The highest BCUT2D eigenvalue weighted by molar-refractivity contribution is 6.92. The molecule has 0 unspecified atom stereocenters. The quantitative estimate of drug-likeness (QED) is 0.165. The van der Waals surface area contributed by atoms with Gasteiger partial charge < -0.3 is 27.6 Å². The number of benzene rings is 11. The first-order chi connectivity index (χ1) is 37.2. The molecule has 3 aliphatic heterocycles. The summed E-state index contributed by atoms with van der Waals surface area (Å²) in [5.74, 6) is 0. The number of aromatic nitrogens is 2. The van der Waals surface area contributed by atoms with Crippen LogP contribution in [0, 0.1) is 0 Å². The van der Waals surface area contributed by atoms with Gasteiger partial charge in [0.1, 0.15) is 22.3 Å². The summed E-state index contributed by atoms with van der Waals surface area (Å²) in [7, 11) is 2.23. The molecule has 0 saturated heterocycles. The Bertz CT molecular complexity index is 5010. The summed E-state index contributed by atoms with van der Waals surface area (Å²) in [5, 5.41) is 9.41. The molecule has 75 heavy (non-hydrogen) atoms. The fraction of sp³-hybridized carbons (Fsp3) is 0.0149. The number of para-hydroxylation sites is 8. The Labute approximate surface area is 430 Å². The second kappa shape index (κ2) is 14.3. The molecule has 0 amide bonds. The van der Waals surface area contributed by atoms with Crippen LogP contribution in [0.2, 0.25) is 0 Å². The molecular formula is C67H40B2N4O2. The second-order valence-electron chi connectivity index (χ2n) is 20.7. The van der Waals surface area contributed by atoms with Crippen molar-refractivity contribution in [1.29, 1.82) is 0 Å². The Balaban J connectivity index is 1.01. The van der Waals surface area contributed by atoms with Crippen molar-refractivity contribution in [3.05, 3.63) is 224 Å². The van der Waals surface area contributed by atoms with Gasteiger partial charge in [0.05, 0.1) is 0 Å². The number of anilines is 5. The van der Waals surface area contributed by atoms with E-state index in [4.69, 9.17) is 8.83 Å². The molecule has 11 aromatic carbocycles. The number of fused-ring (bicyclic) bond motifs is 20. The van der Waals surface area contributed by atoms with Crippen LogP contribution in [0.15, 0.2) is 233 Å². The van der Waals surface area contributed by atoms with Crippen molar-refractivity contribution in [2.75, 3.05) is 16.8 Å². The Kier molecular flexibility index (Phi) is 7.61. The standard InChI is InChI=1S/C67H40B2N4O2/c1-70(40-18-4-2-5-19-40)56-37-50-44-24-10-14-32-58(44)74-66(50)60-48-28-16-26-46-42-22-8-12-30-53(42)72(64(46)48)68(62(56)60)39-34-35-55-52(36-39)69-63-57(71(55)41-20-6-3-7-21-41)38-51-45-25-11-15-33-59(45)75-67(51)61(63)49-29-17-27-47-43-23-9-13-31-54(43)73(69)65(47)49/h2-38H,1H3. The molecule has 4 aromatic heterocycles. The van der Waals surface area contributed by atoms with Crippen LogP contribution in [-0.2, 0) is 0 Å². The smallest absolute Gasteiger partial charge is 0.333 e. The average Bonchev–Trinajstić information content (AvgIpc) is 4.33. The van der Waals surface area contributed by atoms with E-state index < -0.39 is 0 Å². The molecule has 0 radical (unpaired) electrons. The molecule has 3 aliphatic rings. The van der Waals surface area contributed by atoms with E-state index >= 15 is 0 Å². The van der Waals surface area contributed by atoms with Crippen LogP contribution < -0.4 is 31.7 Å². The van der Waals surface area contributed by atoms with Gasteiger partial charge in [-0.25, -0.2) is 0 Å². The van der Waals surface area contributed by atoms with Crippen molar-refractivity contribution in [3.63, 3.8) is 0 Å². The van der Waals surface area contributed by atoms with Crippen LogP contribution in [-0.4, -0.2) is 29.7 Å². The van der Waals surface area contributed by atoms with E-state index in [1.807, 2.05) is 0 Å². The van der Waals surface area contributed by atoms with Crippen molar-refractivity contribution in [2.24, 2.45) is 0 Å². The molecule has 18 rings (SSSR count). The Morgan fingerprint density at radius 3 is 1.56 bits per heavy atom. The van der Waals surface area contributed by atoms with Crippen LogP contribution in [0.5, 0.6) is 0 Å². The maximum atomic E-state index is 7.15. The Morgan fingerprint density at radius 1 is 0.400 bits per heavy atom. The number of hydrogen-bond donors (Lipinski definition) is 0. The number of furan rings is 2. The molecule has 0 spiro atoms. The van der Waals surface area contributed by atoms with E-state index in [0.29, 0.717) is 0 Å². The molecule has 0 aliphatic carbocycles. The molecule has 8 heteroatoms. The molecule has 0 fully saturated rings. The number of nitrogens with zero attached hydrogens (tertiary/aromatic N) is 4. The van der Waals surface area contributed by atoms with Crippen molar-refractivity contribution < 1.29 is 8.83 Å². The SMILES string of the molecule is CN(c1ccccc1)c1cc2c(oc3ccccc32)c2c1B(c1ccc3c(c1)B1c4c(cc5c(oc6ccccc65)c4-c4cccc5c6ccccc6n1c45)N3c1ccccc1)n1c3ccccc3c3cccc-2c31. The van der Waals surface area contributed by atoms with Gasteiger partial charge in [0.2, 0.25) is 0 Å². The van der Waals surface area contributed by atoms with Crippen LogP contribution in [0.1, 0.15) is 0 Å². The monoisotopic (exact) mass is 954 g/mol. The number of hydrogen-bond acceptors (Lipinski definition) is 4. The fourth-order valence-corrected chi connectivity index (χ4v) is 14.1. The molecule has 346 valence electrons. The summed E-state index contributed by atoms with van der Waals surface area (Å²) >= 11 is 0. The minimum Gasteiger partial charge on any atom is -0.455 e. The van der Waals surface area contributed by atoms with Gasteiger partial charge in [-0.1, -0.05) is 163 Å². The molecule has 0 bridgehead atoms. The topological polar surface area (TPSA) is 42.6 Å². The van der Waals surface area contributed by atoms with Gasteiger partial charge in [-0.05, 0) is 83.1 Å². The van der Waals surface area contributed by atoms with Gasteiger partial charge in [-0.2, -0.15) is 0 Å². The highest BCUT2D eigenvalue weighted by atomic mass is 16.3. The summed E-state index contributed by atoms with van der Waals surface area (Å²) in [6.07, 6.45) is 0. The zero-order valence-electron chi connectivity index (χ0n) is 40.6. The lowest BCUT2D eigenvalue weighted by Crippen LogP contribution is -2.59. The first-order valence-electron chi connectivity index (χ1n) is 26.0. The van der Waals surface area contributed by atoms with Crippen LogP contribution in [0.3, 0.4) is 0 Å². The summed E-state index contributed by atoms with van der Waals surface area (Å²) in [6, 6.07) is 82.7. The van der Waals surface area contributed by atoms with Crippen LogP contribution in [0.4, 0.5) is 28.4 Å². The minimum atomic E-state index is -0.275. The number of rotatable bonds is 4. The summed E-state index contributed by atoms with van der Waals surface area (Å²) in [5.41, 5.74) is 23.7. The lowest BCUT2D eigenvalue weighted by Gasteiger charge is -2.41. The molecule has 0 N–H and O–H groups in total. The van der Waals surface area contributed by atoms with E-state index in [9.17, 15) is 0 Å². The Hall–Kier alpha value is -9.65. The first-order valence-corrected chi connectivity index (χ1v) is 26.0. The fourth-order valence-electron chi connectivity index (χ4n) is 14.1. The second-order valence-corrected chi connectivity index (χ2v) is 20.7. The van der Waals surface area contributed by atoms with Crippen molar-refractivity contribution in [1.82, 2.24) is 8.96 Å². The van der Waals surface area contributed by atoms with Gasteiger partial charge in [0, 0.05) is 123 Å². The highest BCUT2D eigenvalue weighted by Gasteiger charge is 2.46. The van der Waals surface area contributed by atoms with E-state index in [-0.39, 0.29) is 13.7 Å².